The number of benzene rings is 1. The smallest absolute Gasteiger partial charge is 0.236 e. The molecule has 156 valence electrons. The number of amides is 2. The highest BCUT2D eigenvalue weighted by molar-refractivity contribution is 7.10. The van der Waals surface area contributed by atoms with Crippen molar-refractivity contribution < 1.29 is 9.59 Å². The molecule has 29 heavy (non-hydrogen) atoms. The number of piperazine rings is 1. The lowest BCUT2D eigenvalue weighted by Gasteiger charge is -2.34. The fourth-order valence-electron chi connectivity index (χ4n) is 3.46. The number of hydrogen-bond donors (Lipinski definition) is 2. The van der Waals surface area contributed by atoms with Crippen LogP contribution in [0, 0.1) is 0 Å². The maximum atomic E-state index is 12.7. The largest absolute Gasteiger partial charge is 0.355 e. The molecule has 1 aliphatic heterocycles. The van der Waals surface area contributed by atoms with Crippen molar-refractivity contribution in [3.63, 3.8) is 0 Å². The molecule has 1 aromatic carbocycles. The van der Waals surface area contributed by atoms with Crippen LogP contribution in [-0.4, -0.2) is 67.4 Å². The Balaban J connectivity index is 1.48. The predicted molar refractivity (Wildman–Crippen MR) is 117 cm³/mol. The molecule has 7 heteroatoms. The zero-order valence-corrected chi connectivity index (χ0v) is 17.8. The summed E-state index contributed by atoms with van der Waals surface area (Å²) in [5.41, 5.74) is 1.16. The second kappa shape index (κ2) is 11.1. The molecule has 0 spiro atoms. The summed E-state index contributed by atoms with van der Waals surface area (Å²) in [6, 6.07) is 14.4. The fraction of sp³-hybridized carbons (Fsp3) is 0.455. The van der Waals surface area contributed by atoms with E-state index in [0.717, 1.165) is 31.6 Å². The fourth-order valence-corrected chi connectivity index (χ4v) is 4.29. The van der Waals surface area contributed by atoms with E-state index in [9.17, 15) is 9.59 Å². The summed E-state index contributed by atoms with van der Waals surface area (Å²) >= 11 is 1.69. The van der Waals surface area contributed by atoms with Crippen LogP contribution < -0.4 is 10.6 Å². The van der Waals surface area contributed by atoms with Crippen LogP contribution in [0.5, 0.6) is 0 Å². The van der Waals surface area contributed by atoms with Crippen molar-refractivity contribution in [3.05, 3.63) is 58.3 Å². The molecule has 2 heterocycles. The van der Waals surface area contributed by atoms with Crippen molar-refractivity contribution in [1.82, 2.24) is 20.4 Å². The first kappa shape index (κ1) is 21.5. The van der Waals surface area contributed by atoms with Crippen LogP contribution >= 0.6 is 11.3 Å². The maximum absolute atomic E-state index is 12.7. The highest BCUT2D eigenvalue weighted by atomic mass is 32.1. The monoisotopic (exact) mass is 414 g/mol. The van der Waals surface area contributed by atoms with Gasteiger partial charge in [0.1, 0.15) is 0 Å². The van der Waals surface area contributed by atoms with Gasteiger partial charge in [0.25, 0.3) is 0 Å². The highest BCUT2D eigenvalue weighted by Crippen LogP contribution is 2.25. The summed E-state index contributed by atoms with van der Waals surface area (Å²) in [6.07, 6.45) is 0.941. The van der Waals surface area contributed by atoms with Crippen LogP contribution in [0.25, 0.3) is 0 Å². The standard InChI is InChI=1S/C22H30N4O2S/c1-2-10-23-20(27)17-25-11-13-26(14-12-25)21(28)16-24-22(19-9-6-15-29-19)18-7-4-3-5-8-18/h3-9,15,22,24H,2,10-14,16-17H2,1H3,(H,23,27)/t22-/m0/s1. The molecule has 0 radical (unpaired) electrons. The van der Waals surface area contributed by atoms with Gasteiger partial charge in [0, 0.05) is 37.6 Å². The third-order valence-corrected chi connectivity index (χ3v) is 6.02. The molecule has 1 aliphatic rings. The Bertz CT molecular complexity index is 758. The lowest BCUT2D eigenvalue weighted by molar-refractivity contribution is -0.132. The number of hydrogen-bond acceptors (Lipinski definition) is 5. The number of carbonyl (C=O) groups excluding carboxylic acids is 2. The van der Waals surface area contributed by atoms with Gasteiger partial charge in [-0.1, -0.05) is 43.3 Å². The van der Waals surface area contributed by atoms with Gasteiger partial charge in [-0.2, -0.15) is 0 Å². The molecule has 3 rings (SSSR count). The van der Waals surface area contributed by atoms with E-state index in [1.807, 2.05) is 36.1 Å². The summed E-state index contributed by atoms with van der Waals surface area (Å²) in [5.74, 6) is 0.174. The first-order valence-corrected chi connectivity index (χ1v) is 11.1. The van der Waals surface area contributed by atoms with E-state index in [1.165, 1.54) is 4.88 Å². The van der Waals surface area contributed by atoms with Crippen LogP contribution in [0.3, 0.4) is 0 Å². The molecule has 2 amide bonds. The molecule has 2 N–H and O–H groups in total. The van der Waals surface area contributed by atoms with E-state index in [4.69, 9.17) is 0 Å². The summed E-state index contributed by atoms with van der Waals surface area (Å²) in [6.45, 7) is 6.27. The van der Waals surface area contributed by atoms with Gasteiger partial charge >= 0.3 is 0 Å². The molecule has 2 aromatic rings. The number of rotatable bonds is 9. The second-order valence-corrected chi connectivity index (χ2v) is 8.23. The normalized spacial score (nSPS) is 15.8. The summed E-state index contributed by atoms with van der Waals surface area (Å²) in [4.78, 5) is 29.8. The molecule has 1 atom stereocenters. The topological polar surface area (TPSA) is 64.7 Å². The van der Waals surface area contributed by atoms with Crippen molar-refractivity contribution in [2.45, 2.75) is 19.4 Å². The van der Waals surface area contributed by atoms with Crippen molar-refractivity contribution >= 4 is 23.2 Å². The number of nitrogens with one attached hydrogen (secondary N) is 2. The van der Waals surface area contributed by atoms with E-state index < -0.39 is 0 Å². The second-order valence-electron chi connectivity index (χ2n) is 7.25. The van der Waals surface area contributed by atoms with Gasteiger partial charge in [-0.3, -0.25) is 19.8 Å². The molecule has 6 nitrogen and oxygen atoms in total. The van der Waals surface area contributed by atoms with Gasteiger partial charge in [-0.15, -0.1) is 11.3 Å². The SMILES string of the molecule is CCCNC(=O)CN1CCN(C(=O)CN[C@@H](c2ccccc2)c2cccs2)CC1. The minimum Gasteiger partial charge on any atom is -0.355 e. The zero-order chi connectivity index (χ0) is 20.5. The minimum atomic E-state index is 0.0173. The summed E-state index contributed by atoms with van der Waals surface area (Å²) < 4.78 is 0. The van der Waals surface area contributed by atoms with Gasteiger partial charge < -0.3 is 10.2 Å². The van der Waals surface area contributed by atoms with E-state index >= 15 is 0 Å². The van der Waals surface area contributed by atoms with Crippen LogP contribution in [0.1, 0.15) is 29.8 Å². The van der Waals surface area contributed by atoms with E-state index in [1.54, 1.807) is 11.3 Å². The van der Waals surface area contributed by atoms with E-state index in [-0.39, 0.29) is 17.9 Å². The van der Waals surface area contributed by atoms with Gasteiger partial charge in [0.2, 0.25) is 11.8 Å². The van der Waals surface area contributed by atoms with Gasteiger partial charge in [-0.25, -0.2) is 0 Å². The molecule has 0 saturated carbocycles. The van der Waals surface area contributed by atoms with Crippen molar-refractivity contribution in [2.75, 3.05) is 45.8 Å². The van der Waals surface area contributed by atoms with Crippen molar-refractivity contribution in [3.8, 4) is 0 Å². The Kier molecular flexibility index (Phi) is 8.22. The average Bonchev–Trinajstić information content (AvgIpc) is 3.28. The Morgan fingerprint density at radius 1 is 1.07 bits per heavy atom. The minimum absolute atomic E-state index is 0.0173. The Hall–Kier alpha value is -2.22. The number of nitrogens with zero attached hydrogens (tertiary/aromatic N) is 2. The third kappa shape index (κ3) is 6.39. The average molecular weight is 415 g/mol. The molecular weight excluding hydrogens is 384 g/mol. The summed E-state index contributed by atoms with van der Waals surface area (Å²) in [7, 11) is 0. The first-order valence-electron chi connectivity index (χ1n) is 10.3. The van der Waals surface area contributed by atoms with Gasteiger partial charge in [0.05, 0.1) is 19.1 Å². The van der Waals surface area contributed by atoms with Crippen LogP contribution in [-0.2, 0) is 9.59 Å². The van der Waals surface area contributed by atoms with Crippen molar-refractivity contribution in [2.24, 2.45) is 0 Å². The number of thiophene rings is 1. The quantitative estimate of drug-likeness (QED) is 0.660. The third-order valence-electron chi connectivity index (χ3n) is 5.08. The maximum Gasteiger partial charge on any atom is 0.236 e. The van der Waals surface area contributed by atoms with Gasteiger partial charge in [-0.05, 0) is 23.4 Å². The lowest BCUT2D eigenvalue weighted by atomic mass is 10.1. The Labute approximate surface area is 176 Å². The molecule has 0 aliphatic carbocycles. The predicted octanol–water partition coefficient (Wildman–Crippen LogP) is 2.10. The van der Waals surface area contributed by atoms with E-state index in [2.05, 4.69) is 39.1 Å². The first-order chi connectivity index (χ1) is 14.2. The molecule has 1 fully saturated rings. The Morgan fingerprint density at radius 3 is 2.48 bits per heavy atom. The molecule has 1 saturated heterocycles. The zero-order valence-electron chi connectivity index (χ0n) is 17.0. The summed E-state index contributed by atoms with van der Waals surface area (Å²) in [5, 5.41) is 8.41. The van der Waals surface area contributed by atoms with Crippen molar-refractivity contribution in [1.29, 1.82) is 0 Å². The lowest BCUT2D eigenvalue weighted by Crippen LogP contribution is -2.52. The number of carbonyl (C=O) groups is 2. The Morgan fingerprint density at radius 2 is 1.83 bits per heavy atom. The van der Waals surface area contributed by atoms with E-state index in [0.29, 0.717) is 26.2 Å². The van der Waals surface area contributed by atoms with Crippen LogP contribution in [0.2, 0.25) is 0 Å². The molecular formula is C22H30N4O2S. The molecule has 0 unspecified atom stereocenters. The molecule has 0 bridgehead atoms. The van der Waals surface area contributed by atoms with Crippen LogP contribution in [0.15, 0.2) is 47.8 Å². The highest BCUT2D eigenvalue weighted by Gasteiger charge is 2.23. The molecule has 1 aromatic heterocycles. The van der Waals surface area contributed by atoms with Crippen LogP contribution in [0.4, 0.5) is 0 Å². The van der Waals surface area contributed by atoms with Gasteiger partial charge in [0.15, 0.2) is 0 Å².